The highest BCUT2D eigenvalue weighted by Gasteiger charge is 2.32. The SMILES string of the molecule is CCC(CC)NCC(C1CC1)N(C)C. The van der Waals surface area contributed by atoms with E-state index in [-0.39, 0.29) is 0 Å². The van der Waals surface area contributed by atoms with Gasteiger partial charge in [0.1, 0.15) is 0 Å². The van der Waals surface area contributed by atoms with Crippen LogP contribution in [0.25, 0.3) is 0 Å². The van der Waals surface area contributed by atoms with Crippen molar-refractivity contribution in [2.45, 2.75) is 51.6 Å². The van der Waals surface area contributed by atoms with Crippen LogP contribution in [-0.2, 0) is 0 Å². The number of hydrogen-bond acceptors (Lipinski definition) is 2. The molecule has 0 aromatic carbocycles. The maximum absolute atomic E-state index is 3.68. The Morgan fingerprint density at radius 1 is 1.21 bits per heavy atom. The van der Waals surface area contributed by atoms with E-state index < -0.39 is 0 Å². The minimum atomic E-state index is 0.719. The van der Waals surface area contributed by atoms with E-state index in [4.69, 9.17) is 0 Å². The van der Waals surface area contributed by atoms with Gasteiger partial charge in [0.2, 0.25) is 0 Å². The largest absolute Gasteiger partial charge is 0.312 e. The first-order valence-corrected chi connectivity index (χ1v) is 6.08. The summed E-state index contributed by atoms with van der Waals surface area (Å²) in [6, 6.07) is 1.48. The third-order valence-electron chi connectivity index (χ3n) is 3.43. The van der Waals surface area contributed by atoms with E-state index in [1.807, 2.05) is 0 Å². The average molecular weight is 198 g/mol. The summed E-state index contributed by atoms with van der Waals surface area (Å²) in [5.41, 5.74) is 0. The van der Waals surface area contributed by atoms with Crippen molar-refractivity contribution in [2.24, 2.45) is 5.92 Å². The van der Waals surface area contributed by atoms with Crippen molar-refractivity contribution < 1.29 is 0 Å². The van der Waals surface area contributed by atoms with Crippen LogP contribution in [0.5, 0.6) is 0 Å². The highest BCUT2D eigenvalue weighted by Crippen LogP contribution is 2.34. The molecule has 0 aromatic heterocycles. The minimum absolute atomic E-state index is 0.719. The standard InChI is InChI=1S/C12H26N2/c1-5-11(6-2)13-9-12(14(3)4)10-7-8-10/h10-13H,5-9H2,1-4H3. The molecule has 1 rings (SSSR count). The predicted octanol–water partition coefficient (Wildman–Crippen LogP) is 2.10. The first kappa shape index (κ1) is 12.0. The Morgan fingerprint density at radius 2 is 1.79 bits per heavy atom. The van der Waals surface area contributed by atoms with E-state index in [0.29, 0.717) is 0 Å². The number of rotatable bonds is 7. The van der Waals surface area contributed by atoms with Crippen LogP contribution >= 0.6 is 0 Å². The van der Waals surface area contributed by atoms with Gasteiger partial charge in [-0.3, -0.25) is 0 Å². The number of nitrogens with zero attached hydrogens (tertiary/aromatic N) is 1. The predicted molar refractivity (Wildman–Crippen MR) is 62.6 cm³/mol. The minimum Gasteiger partial charge on any atom is -0.312 e. The van der Waals surface area contributed by atoms with Crippen LogP contribution in [0.3, 0.4) is 0 Å². The molecule has 0 spiro atoms. The Hall–Kier alpha value is -0.0800. The highest BCUT2D eigenvalue weighted by atomic mass is 15.1. The van der Waals surface area contributed by atoms with Crippen LogP contribution in [0.1, 0.15) is 39.5 Å². The quantitative estimate of drug-likeness (QED) is 0.674. The van der Waals surface area contributed by atoms with E-state index in [0.717, 1.165) is 18.0 Å². The summed E-state index contributed by atoms with van der Waals surface area (Å²) in [5.74, 6) is 0.965. The molecule has 1 unspecified atom stereocenters. The molecule has 0 heterocycles. The average Bonchev–Trinajstić information content (AvgIpc) is 2.95. The normalized spacial score (nSPS) is 19.3. The van der Waals surface area contributed by atoms with Crippen LogP contribution < -0.4 is 5.32 Å². The second-order valence-corrected chi connectivity index (χ2v) is 4.79. The van der Waals surface area contributed by atoms with Gasteiger partial charge in [0.05, 0.1) is 0 Å². The zero-order chi connectivity index (χ0) is 10.6. The molecule has 1 aliphatic rings. The maximum Gasteiger partial charge on any atom is 0.0242 e. The van der Waals surface area contributed by atoms with Gasteiger partial charge in [-0.25, -0.2) is 0 Å². The van der Waals surface area contributed by atoms with Crippen molar-refractivity contribution in [3.63, 3.8) is 0 Å². The van der Waals surface area contributed by atoms with Crippen LogP contribution in [0, 0.1) is 5.92 Å². The molecule has 1 atom stereocenters. The fraction of sp³-hybridized carbons (Fsp3) is 1.00. The van der Waals surface area contributed by atoms with E-state index >= 15 is 0 Å². The van der Waals surface area contributed by atoms with Gasteiger partial charge < -0.3 is 10.2 Å². The van der Waals surface area contributed by atoms with Gasteiger partial charge in [-0.15, -0.1) is 0 Å². The van der Waals surface area contributed by atoms with Gasteiger partial charge in [-0.05, 0) is 45.7 Å². The third kappa shape index (κ3) is 3.58. The number of likely N-dealkylation sites (N-methyl/N-ethyl adjacent to an activating group) is 1. The third-order valence-corrected chi connectivity index (χ3v) is 3.43. The molecule has 0 aromatic rings. The smallest absolute Gasteiger partial charge is 0.0242 e. The van der Waals surface area contributed by atoms with Crippen LogP contribution in [0.15, 0.2) is 0 Å². The molecule has 0 amide bonds. The summed E-state index contributed by atoms with van der Waals surface area (Å²) in [4.78, 5) is 2.38. The summed E-state index contributed by atoms with van der Waals surface area (Å²) >= 11 is 0. The van der Waals surface area contributed by atoms with E-state index in [2.05, 4.69) is 38.2 Å². The van der Waals surface area contributed by atoms with Gasteiger partial charge >= 0.3 is 0 Å². The van der Waals surface area contributed by atoms with Crippen LogP contribution in [0.4, 0.5) is 0 Å². The molecule has 1 aliphatic carbocycles. The number of nitrogens with one attached hydrogen (secondary N) is 1. The van der Waals surface area contributed by atoms with Crippen molar-refractivity contribution in [3.8, 4) is 0 Å². The summed E-state index contributed by atoms with van der Waals surface area (Å²) < 4.78 is 0. The molecule has 1 N–H and O–H groups in total. The second kappa shape index (κ2) is 5.72. The summed E-state index contributed by atoms with van der Waals surface area (Å²) in [6.07, 6.45) is 5.38. The molecule has 2 heteroatoms. The van der Waals surface area contributed by atoms with Gasteiger partial charge in [-0.1, -0.05) is 13.8 Å². The van der Waals surface area contributed by atoms with Gasteiger partial charge in [0.15, 0.2) is 0 Å². The highest BCUT2D eigenvalue weighted by molar-refractivity contribution is 4.88. The molecular weight excluding hydrogens is 172 g/mol. The van der Waals surface area contributed by atoms with Gasteiger partial charge in [0.25, 0.3) is 0 Å². The molecule has 0 bridgehead atoms. The van der Waals surface area contributed by atoms with Crippen molar-refractivity contribution in [1.29, 1.82) is 0 Å². The van der Waals surface area contributed by atoms with E-state index in [1.54, 1.807) is 0 Å². The number of hydrogen-bond donors (Lipinski definition) is 1. The molecule has 0 aliphatic heterocycles. The Bertz CT molecular complexity index is 146. The molecule has 2 nitrogen and oxygen atoms in total. The molecule has 1 fully saturated rings. The van der Waals surface area contributed by atoms with Crippen molar-refractivity contribution in [2.75, 3.05) is 20.6 Å². The molecule has 14 heavy (non-hydrogen) atoms. The van der Waals surface area contributed by atoms with Gasteiger partial charge in [0, 0.05) is 18.6 Å². The fourth-order valence-corrected chi connectivity index (χ4v) is 2.12. The maximum atomic E-state index is 3.68. The Balaban J connectivity index is 2.25. The monoisotopic (exact) mass is 198 g/mol. The molecule has 84 valence electrons. The lowest BCUT2D eigenvalue weighted by molar-refractivity contribution is 0.246. The zero-order valence-corrected chi connectivity index (χ0v) is 10.2. The van der Waals surface area contributed by atoms with Crippen molar-refractivity contribution >= 4 is 0 Å². The summed E-state index contributed by atoms with van der Waals surface area (Å²) in [5, 5.41) is 3.68. The van der Waals surface area contributed by atoms with Crippen molar-refractivity contribution in [1.82, 2.24) is 10.2 Å². The summed E-state index contributed by atoms with van der Waals surface area (Å²) in [7, 11) is 4.41. The first-order valence-electron chi connectivity index (χ1n) is 6.08. The fourth-order valence-electron chi connectivity index (χ4n) is 2.12. The first-order chi connectivity index (χ1) is 6.69. The van der Waals surface area contributed by atoms with Crippen LogP contribution in [-0.4, -0.2) is 37.6 Å². The Morgan fingerprint density at radius 3 is 2.14 bits per heavy atom. The van der Waals surface area contributed by atoms with E-state index in [1.165, 1.54) is 32.2 Å². The lowest BCUT2D eigenvalue weighted by Crippen LogP contribution is -2.42. The Kier molecular flexibility index (Phi) is 4.90. The molecule has 0 radical (unpaired) electrons. The molecular formula is C12H26N2. The van der Waals surface area contributed by atoms with Gasteiger partial charge in [-0.2, -0.15) is 0 Å². The zero-order valence-electron chi connectivity index (χ0n) is 10.2. The molecule has 1 saturated carbocycles. The summed E-state index contributed by atoms with van der Waals surface area (Å²) in [6.45, 7) is 5.70. The second-order valence-electron chi connectivity index (χ2n) is 4.79. The lowest BCUT2D eigenvalue weighted by Gasteiger charge is -2.26. The Labute approximate surface area is 89.1 Å². The topological polar surface area (TPSA) is 15.3 Å². The molecule has 0 saturated heterocycles. The lowest BCUT2D eigenvalue weighted by atomic mass is 10.1. The van der Waals surface area contributed by atoms with E-state index in [9.17, 15) is 0 Å². The van der Waals surface area contributed by atoms with Crippen molar-refractivity contribution in [3.05, 3.63) is 0 Å². The van der Waals surface area contributed by atoms with Crippen LogP contribution in [0.2, 0.25) is 0 Å².